The van der Waals surface area contributed by atoms with Crippen LogP contribution in [0.2, 0.25) is 0 Å². The van der Waals surface area contributed by atoms with Gasteiger partial charge in [0.2, 0.25) is 0 Å². The van der Waals surface area contributed by atoms with Gasteiger partial charge >= 0.3 is 0 Å². The van der Waals surface area contributed by atoms with Gasteiger partial charge in [0, 0.05) is 18.0 Å². The molecule has 2 nitrogen and oxygen atoms in total. The smallest absolute Gasteiger partial charge is 0.115 e. The summed E-state index contributed by atoms with van der Waals surface area (Å²) in [6.45, 7) is 4.14. The van der Waals surface area contributed by atoms with Gasteiger partial charge in [-0.2, -0.15) is 0 Å². The number of hydrogen-bond donors (Lipinski definition) is 1. The van der Waals surface area contributed by atoms with Crippen LogP contribution in [-0.2, 0) is 11.8 Å². The molecule has 1 aromatic rings. The number of likely N-dealkylation sites (tertiary alicyclic amines) is 1. The van der Waals surface area contributed by atoms with Crippen LogP contribution in [0.5, 0.6) is 5.75 Å². The van der Waals surface area contributed by atoms with E-state index in [1.807, 2.05) is 13.0 Å². The summed E-state index contributed by atoms with van der Waals surface area (Å²) in [5.74, 6) is 3.91. The standard InChI is InChI=1S/C22H27NO/c1-3-16(2)9-12-23-13-11-22-10-5-4-6-19(22)21(23)14-17-7-8-18(24)15-20(17)22/h1,7-9,15,19,21,24H,4-6,10-14H2,2H3/b16-9+/t19-,21-,22-/m0/s1. The lowest BCUT2D eigenvalue weighted by Crippen LogP contribution is -2.60. The van der Waals surface area contributed by atoms with E-state index in [4.69, 9.17) is 6.42 Å². The Morgan fingerprint density at radius 2 is 2.29 bits per heavy atom. The van der Waals surface area contributed by atoms with Crippen molar-refractivity contribution in [2.75, 3.05) is 13.1 Å². The molecule has 2 heteroatoms. The Balaban J connectivity index is 1.72. The maximum absolute atomic E-state index is 10.1. The summed E-state index contributed by atoms with van der Waals surface area (Å²) < 4.78 is 0. The molecule has 1 aliphatic heterocycles. The summed E-state index contributed by atoms with van der Waals surface area (Å²) in [4.78, 5) is 2.66. The molecule has 0 aromatic heterocycles. The third-order valence-electron chi connectivity index (χ3n) is 6.79. The van der Waals surface area contributed by atoms with Gasteiger partial charge in [-0.25, -0.2) is 0 Å². The monoisotopic (exact) mass is 321 g/mol. The van der Waals surface area contributed by atoms with E-state index in [1.165, 1.54) is 43.2 Å². The molecule has 3 aliphatic rings. The molecule has 1 aromatic carbocycles. The van der Waals surface area contributed by atoms with Crippen molar-refractivity contribution in [2.45, 2.75) is 56.9 Å². The topological polar surface area (TPSA) is 23.5 Å². The van der Waals surface area contributed by atoms with Gasteiger partial charge in [0.25, 0.3) is 0 Å². The number of fused-ring (bicyclic) bond motifs is 1. The summed E-state index contributed by atoms with van der Waals surface area (Å²) in [6, 6.07) is 6.72. The number of hydrogen-bond acceptors (Lipinski definition) is 2. The van der Waals surface area contributed by atoms with E-state index in [1.54, 1.807) is 0 Å². The highest BCUT2D eigenvalue weighted by molar-refractivity contribution is 5.45. The molecule has 4 rings (SSSR count). The zero-order valence-electron chi connectivity index (χ0n) is 14.6. The molecule has 0 spiro atoms. The Bertz CT molecular complexity index is 713. The lowest BCUT2D eigenvalue weighted by molar-refractivity contribution is -0.00526. The van der Waals surface area contributed by atoms with Gasteiger partial charge in [0.05, 0.1) is 0 Å². The lowest BCUT2D eigenvalue weighted by Gasteiger charge is -2.59. The minimum absolute atomic E-state index is 0.302. The van der Waals surface area contributed by atoms with Gasteiger partial charge in [0.15, 0.2) is 0 Å². The lowest BCUT2D eigenvalue weighted by atomic mass is 9.52. The van der Waals surface area contributed by atoms with Crippen molar-refractivity contribution in [3.05, 3.63) is 41.0 Å². The van der Waals surface area contributed by atoms with E-state index >= 15 is 0 Å². The largest absolute Gasteiger partial charge is 0.508 e. The first-order valence-corrected chi connectivity index (χ1v) is 9.34. The fourth-order valence-corrected chi connectivity index (χ4v) is 5.61. The average Bonchev–Trinajstić information content (AvgIpc) is 2.61. The number of nitrogens with zero attached hydrogens (tertiary/aromatic N) is 1. The first kappa shape index (κ1) is 15.8. The van der Waals surface area contributed by atoms with E-state index < -0.39 is 0 Å². The normalized spacial score (nSPS) is 32.6. The number of aromatic hydroxyl groups is 1. The molecule has 0 radical (unpaired) electrons. The van der Waals surface area contributed by atoms with Crippen LogP contribution in [0.15, 0.2) is 29.8 Å². The number of allylic oxidation sites excluding steroid dienone is 1. The summed E-state index contributed by atoms with van der Waals surface area (Å²) >= 11 is 0. The van der Waals surface area contributed by atoms with Crippen molar-refractivity contribution >= 4 is 0 Å². The molecule has 3 atom stereocenters. The molecule has 2 fully saturated rings. The predicted octanol–water partition coefficient (Wildman–Crippen LogP) is 4.03. The second-order valence-electron chi connectivity index (χ2n) is 7.90. The molecule has 1 saturated carbocycles. The Morgan fingerprint density at radius 3 is 3.12 bits per heavy atom. The van der Waals surface area contributed by atoms with Crippen LogP contribution in [0.4, 0.5) is 0 Å². The molecule has 0 amide bonds. The maximum Gasteiger partial charge on any atom is 0.115 e. The Kier molecular flexibility index (Phi) is 3.93. The number of benzene rings is 1. The second-order valence-corrected chi connectivity index (χ2v) is 7.90. The molecular weight excluding hydrogens is 294 g/mol. The molecular formula is C22H27NO. The van der Waals surface area contributed by atoms with Crippen molar-refractivity contribution in [1.29, 1.82) is 0 Å². The van der Waals surface area contributed by atoms with Crippen molar-refractivity contribution in [1.82, 2.24) is 4.90 Å². The van der Waals surface area contributed by atoms with Crippen molar-refractivity contribution < 1.29 is 5.11 Å². The van der Waals surface area contributed by atoms with Gasteiger partial charge in [-0.15, -0.1) is 6.42 Å². The molecule has 126 valence electrons. The molecule has 1 saturated heterocycles. The highest BCUT2D eigenvalue weighted by Crippen LogP contribution is 2.56. The predicted molar refractivity (Wildman–Crippen MR) is 98.0 cm³/mol. The van der Waals surface area contributed by atoms with Gasteiger partial charge < -0.3 is 5.11 Å². The fourth-order valence-electron chi connectivity index (χ4n) is 5.61. The average molecular weight is 321 g/mol. The van der Waals surface area contributed by atoms with Crippen LogP contribution in [0.3, 0.4) is 0 Å². The molecule has 24 heavy (non-hydrogen) atoms. The Labute approximate surface area is 145 Å². The zero-order valence-corrected chi connectivity index (χ0v) is 14.6. The summed E-state index contributed by atoms with van der Waals surface area (Å²) in [5.41, 5.74) is 4.25. The van der Waals surface area contributed by atoms with Gasteiger partial charge in [-0.3, -0.25) is 4.90 Å². The molecule has 2 aliphatic carbocycles. The molecule has 0 unspecified atom stereocenters. The SMILES string of the molecule is C#C/C(C)=C/CN1CC[C@@]23CCCC[C@H]2[C@@H]1Cc1ccc(O)cc13. The van der Waals surface area contributed by atoms with Crippen molar-refractivity contribution in [2.24, 2.45) is 5.92 Å². The van der Waals surface area contributed by atoms with Gasteiger partial charge in [-0.05, 0) is 73.9 Å². The van der Waals surface area contributed by atoms with Gasteiger partial charge in [0.1, 0.15) is 5.75 Å². The maximum atomic E-state index is 10.1. The molecule has 1 N–H and O–H groups in total. The minimum Gasteiger partial charge on any atom is -0.508 e. The van der Waals surface area contributed by atoms with Crippen LogP contribution < -0.4 is 0 Å². The van der Waals surface area contributed by atoms with E-state index in [0.29, 0.717) is 17.2 Å². The van der Waals surface area contributed by atoms with E-state index in [-0.39, 0.29) is 0 Å². The quantitative estimate of drug-likeness (QED) is 0.831. The van der Waals surface area contributed by atoms with Crippen LogP contribution in [-0.4, -0.2) is 29.1 Å². The highest BCUT2D eigenvalue weighted by Gasteiger charge is 2.53. The van der Waals surface area contributed by atoms with E-state index in [2.05, 4.69) is 29.0 Å². The van der Waals surface area contributed by atoms with E-state index in [9.17, 15) is 5.11 Å². The summed E-state index contributed by atoms with van der Waals surface area (Å²) in [5, 5.41) is 10.1. The number of piperidine rings is 1. The van der Waals surface area contributed by atoms with Crippen molar-refractivity contribution in [3.63, 3.8) is 0 Å². The number of rotatable bonds is 2. The second kappa shape index (κ2) is 5.97. The zero-order chi connectivity index (χ0) is 16.7. The number of phenols is 1. The summed E-state index contributed by atoms with van der Waals surface area (Å²) in [6.07, 6.45) is 15.3. The highest BCUT2D eigenvalue weighted by atomic mass is 16.3. The van der Waals surface area contributed by atoms with Gasteiger partial charge in [-0.1, -0.05) is 30.9 Å². The Hall–Kier alpha value is -1.72. The fraction of sp³-hybridized carbons (Fsp3) is 0.545. The first-order chi connectivity index (χ1) is 11.6. The van der Waals surface area contributed by atoms with Crippen LogP contribution in [0, 0.1) is 18.3 Å². The number of phenolic OH excluding ortho intramolecular Hbond substituents is 1. The number of terminal acetylenes is 1. The van der Waals surface area contributed by atoms with Crippen LogP contribution in [0.25, 0.3) is 0 Å². The molecule has 2 bridgehead atoms. The van der Waals surface area contributed by atoms with Crippen molar-refractivity contribution in [3.8, 4) is 18.1 Å². The van der Waals surface area contributed by atoms with Crippen LogP contribution in [0.1, 0.15) is 50.2 Å². The molecule has 1 heterocycles. The summed E-state index contributed by atoms with van der Waals surface area (Å²) in [7, 11) is 0. The van der Waals surface area contributed by atoms with Crippen LogP contribution >= 0.6 is 0 Å². The minimum atomic E-state index is 0.302. The first-order valence-electron chi connectivity index (χ1n) is 9.34. The van der Waals surface area contributed by atoms with E-state index in [0.717, 1.165) is 31.0 Å². The third-order valence-corrected chi connectivity index (χ3v) is 6.79. The Morgan fingerprint density at radius 1 is 1.42 bits per heavy atom. The third kappa shape index (κ3) is 2.38.